The van der Waals surface area contributed by atoms with Crippen molar-refractivity contribution in [2.75, 3.05) is 0 Å². The van der Waals surface area contributed by atoms with Gasteiger partial charge in [0.2, 0.25) is 0 Å². The third-order valence-electron chi connectivity index (χ3n) is 6.71. The molecule has 0 heterocycles. The molecule has 26 heavy (non-hydrogen) atoms. The van der Waals surface area contributed by atoms with Gasteiger partial charge in [-0.25, -0.2) is 0 Å². The van der Waals surface area contributed by atoms with E-state index in [0.29, 0.717) is 11.6 Å². The average molecular weight is 346 g/mol. The molecule has 2 aliphatic rings. The van der Waals surface area contributed by atoms with Crippen molar-refractivity contribution < 1.29 is 0 Å². The lowest BCUT2D eigenvalue weighted by Crippen LogP contribution is -2.50. The van der Waals surface area contributed by atoms with Gasteiger partial charge < -0.3 is 5.32 Å². The molecule has 0 amide bonds. The average Bonchev–Trinajstić information content (AvgIpc) is 3.15. The quantitative estimate of drug-likeness (QED) is 0.655. The zero-order valence-electron chi connectivity index (χ0n) is 16.0. The minimum Gasteiger partial charge on any atom is -0.305 e. The molecule has 1 nitrogen and oxygen atoms in total. The summed E-state index contributed by atoms with van der Waals surface area (Å²) in [5.41, 5.74) is 3.14. The third kappa shape index (κ3) is 3.25. The van der Waals surface area contributed by atoms with Gasteiger partial charge in [0.05, 0.1) is 0 Å². The van der Waals surface area contributed by atoms with Crippen molar-refractivity contribution in [2.24, 2.45) is 0 Å². The van der Waals surface area contributed by atoms with Crippen LogP contribution in [0, 0.1) is 0 Å². The van der Waals surface area contributed by atoms with Gasteiger partial charge in [0, 0.05) is 17.0 Å². The Morgan fingerprint density at radius 1 is 0.846 bits per heavy atom. The number of rotatable bonds is 5. The molecule has 1 atom stereocenters. The van der Waals surface area contributed by atoms with Crippen LogP contribution in [0.2, 0.25) is 0 Å². The molecule has 0 saturated heterocycles. The minimum absolute atomic E-state index is 0.0101. The van der Waals surface area contributed by atoms with Crippen molar-refractivity contribution in [3.8, 4) is 0 Å². The van der Waals surface area contributed by atoms with E-state index in [0.717, 1.165) is 6.42 Å². The monoisotopic (exact) mass is 345 g/mol. The first kappa shape index (κ1) is 17.5. The fraction of sp³-hybridized carbons (Fsp3) is 0.440. The molecule has 2 aliphatic carbocycles. The maximum Gasteiger partial charge on any atom is 0.0400 e. The first-order chi connectivity index (χ1) is 12.8. The van der Waals surface area contributed by atoms with E-state index in [1.165, 1.54) is 49.7 Å². The first-order valence-electron chi connectivity index (χ1n) is 10.3. The molecule has 1 saturated carbocycles. The van der Waals surface area contributed by atoms with Crippen LogP contribution in [0.1, 0.15) is 63.0 Å². The highest BCUT2D eigenvalue weighted by molar-refractivity contribution is 5.47. The maximum absolute atomic E-state index is 4.09. The van der Waals surface area contributed by atoms with E-state index in [4.69, 9.17) is 0 Å². The molecule has 0 spiro atoms. The van der Waals surface area contributed by atoms with Crippen molar-refractivity contribution in [3.05, 3.63) is 83.9 Å². The first-order valence-corrected chi connectivity index (χ1v) is 10.3. The summed E-state index contributed by atoms with van der Waals surface area (Å²) in [5, 5.41) is 4.09. The summed E-state index contributed by atoms with van der Waals surface area (Å²) >= 11 is 0. The van der Waals surface area contributed by atoms with Crippen molar-refractivity contribution in [2.45, 2.75) is 68.9 Å². The normalized spacial score (nSPS) is 23.8. The second-order valence-electron chi connectivity index (χ2n) is 8.21. The standard InChI is InChI=1S/C25H31N/c1-2-24(17-10-5-11-18-24)26-23-16-19-25(20-23,21-12-6-3-7-13-21)22-14-8-4-9-15-22/h3-4,6-9,12-16,19,23,26H,2,5,10-11,17-18,20H2,1H3. The van der Waals surface area contributed by atoms with Crippen LogP contribution in [0.25, 0.3) is 0 Å². The van der Waals surface area contributed by atoms with E-state index in [1.54, 1.807) is 0 Å². The van der Waals surface area contributed by atoms with Gasteiger partial charge in [0.1, 0.15) is 0 Å². The number of allylic oxidation sites excluding steroid dienone is 1. The summed E-state index contributed by atoms with van der Waals surface area (Å²) in [6, 6.07) is 22.5. The smallest absolute Gasteiger partial charge is 0.0400 e. The molecule has 1 heteroatoms. The van der Waals surface area contributed by atoms with E-state index >= 15 is 0 Å². The summed E-state index contributed by atoms with van der Waals surface area (Å²) in [6.45, 7) is 2.36. The Morgan fingerprint density at radius 3 is 1.96 bits per heavy atom. The highest BCUT2D eigenvalue weighted by Gasteiger charge is 2.40. The summed E-state index contributed by atoms with van der Waals surface area (Å²) in [5.74, 6) is 0. The van der Waals surface area contributed by atoms with E-state index in [1.807, 2.05) is 0 Å². The molecule has 0 aromatic heterocycles. The van der Waals surface area contributed by atoms with Crippen LogP contribution < -0.4 is 5.32 Å². The Balaban J connectivity index is 1.63. The number of hydrogen-bond acceptors (Lipinski definition) is 1. The Morgan fingerprint density at radius 2 is 1.42 bits per heavy atom. The SMILES string of the molecule is CCC1(NC2C=CC(c3ccccc3)(c3ccccc3)C2)CCCCC1. The molecule has 2 aromatic carbocycles. The lowest BCUT2D eigenvalue weighted by atomic mass is 9.73. The molecular weight excluding hydrogens is 314 g/mol. The molecule has 0 bridgehead atoms. The summed E-state index contributed by atoms with van der Waals surface area (Å²) in [7, 11) is 0. The topological polar surface area (TPSA) is 12.0 Å². The molecule has 0 radical (unpaired) electrons. The van der Waals surface area contributed by atoms with E-state index in [-0.39, 0.29) is 5.41 Å². The van der Waals surface area contributed by atoms with Crippen molar-refractivity contribution in [3.63, 3.8) is 0 Å². The maximum atomic E-state index is 4.09. The van der Waals surface area contributed by atoms with Crippen LogP contribution >= 0.6 is 0 Å². The Labute approximate surface area is 158 Å². The van der Waals surface area contributed by atoms with Crippen LogP contribution in [-0.4, -0.2) is 11.6 Å². The molecule has 136 valence electrons. The van der Waals surface area contributed by atoms with Crippen LogP contribution in [0.3, 0.4) is 0 Å². The highest BCUT2D eigenvalue weighted by Crippen LogP contribution is 2.43. The summed E-state index contributed by atoms with van der Waals surface area (Å²) in [4.78, 5) is 0. The largest absolute Gasteiger partial charge is 0.305 e. The zero-order valence-corrected chi connectivity index (χ0v) is 16.0. The number of nitrogens with one attached hydrogen (secondary N) is 1. The van der Waals surface area contributed by atoms with E-state index in [2.05, 4.69) is 85.1 Å². The van der Waals surface area contributed by atoms with Crippen LogP contribution in [-0.2, 0) is 5.41 Å². The predicted octanol–water partition coefficient (Wildman–Crippen LogP) is 6.00. The van der Waals surface area contributed by atoms with Gasteiger partial charge in [0.25, 0.3) is 0 Å². The Hall–Kier alpha value is -1.86. The van der Waals surface area contributed by atoms with Crippen LogP contribution in [0.5, 0.6) is 0 Å². The fourth-order valence-electron chi connectivity index (χ4n) is 5.15. The van der Waals surface area contributed by atoms with Crippen molar-refractivity contribution in [1.29, 1.82) is 0 Å². The molecule has 2 aromatic rings. The highest BCUT2D eigenvalue weighted by atomic mass is 15.0. The molecule has 1 fully saturated rings. The molecule has 4 rings (SSSR count). The summed E-state index contributed by atoms with van der Waals surface area (Å²) in [6.07, 6.45) is 14.1. The fourth-order valence-corrected chi connectivity index (χ4v) is 5.15. The zero-order chi connectivity index (χ0) is 17.9. The molecule has 0 aliphatic heterocycles. The second-order valence-corrected chi connectivity index (χ2v) is 8.21. The van der Waals surface area contributed by atoms with Gasteiger partial charge in [-0.2, -0.15) is 0 Å². The lowest BCUT2D eigenvalue weighted by Gasteiger charge is -2.40. The van der Waals surface area contributed by atoms with Crippen LogP contribution in [0.15, 0.2) is 72.8 Å². The molecular formula is C25H31N. The van der Waals surface area contributed by atoms with E-state index < -0.39 is 0 Å². The second kappa shape index (κ2) is 7.40. The summed E-state index contributed by atoms with van der Waals surface area (Å²) < 4.78 is 0. The molecule has 1 unspecified atom stereocenters. The van der Waals surface area contributed by atoms with Gasteiger partial charge in [0.15, 0.2) is 0 Å². The van der Waals surface area contributed by atoms with Gasteiger partial charge in [-0.1, -0.05) is 99.0 Å². The van der Waals surface area contributed by atoms with E-state index in [9.17, 15) is 0 Å². The molecule has 1 N–H and O–H groups in total. The Kier molecular flexibility index (Phi) is 5.00. The van der Waals surface area contributed by atoms with Gasteiger partial charge in [-0.3, -0.25) is 0 Å². The minimum atomic E-state index is -0.0101. The van der Waals surface area contributed by atoms with Gasteiger partial charge in [-0.15, -0.1) is 0 Å². The van der Waals surface area contributed by atoms with Crippen molar-refractivity contribution in [1.82, 2.24) is 5.32 Å². The predicted molar refractivity (Wildman–Crippen MR) is 110 cm³/mol. The van der Waals surface area contributed by atoms with Gasteiger partial charge in [-0.05, 0) is 36.8 Å². The Bertz CT molecular complexity index is 686. The lowest BCUT2D eigenvalue weighted by molar-refractivity contribution is 0.206. The third-order valence-corrected chi connectivity index (χ3v) is 6.71. The van der Waals surface area contributed by atoms with Gasteiger partial charge >= 0.3 is 0 Å². The van der Waals surface area contributed by atoms with Crippen LogP contribution in [0.4, 0.5) is 0 Å². The number of hydrogen-bond donors (Lipinski definition) is 1. The van der Waals surface area contributed by atoms with Crippen molar-refractivity contribution >= 4 is 0 Å². The number of benzene rings is 2.